The van der Waals surface area contributed by atoms with Crippen LogP contribution < -0.4 is 10.6 Å². The molecule has 0 aliphatic rings. The van der Waals surface area contributed by atoms with E-state index in [9.17, 15) is 0 Å². The van der Waals surface area contributed by atoms with Crippen LogP contribution in [0.5, 0.6) is 0 Å². The normalized spacial score (nSPS) is 13.7. The molecule has 0 amide bonds. The van der Waals surface area contributed by atoms with Crippen molar-refractivity contribution >= 4 is 17.4 Å². The van der Waals surface area contributed by atoms with Crippen molar-refractivity contribution in [2.75, 3.05) is 18.9 Å². The molecule has 0 aliphatic heterocycles. The molecule has 0 heterocycles. The summed E-state index contributed by atoms with van der Waals surface area (Å²) in [7, 11) is 0. The molecule has 1 nitrogen and oxygen atoms in total. The molecular weight excluding hydrogens is 263 g/mol. The first-order chi connectivity index (χ1) is 9.72. The van der Waals surface area contributed by atoms with E-state index in [1.165, 1.54) is 10.6 Å². The SMILES string of the molecule is CCOP(CC)(CC)(c1ccccc1)c1ccccc1. The monoisotopic (exact) mass is 288 g/mol. The van der Waals surface area contributed by atoms with Crippen LogP contribution in [0.4, 0.5) is 0 Å². The third-order valence-corrected chi connectivity index (χ3v) is 11.0. The molecule has 0 N–H and O–H groups in total. The molecule has 0 fully saturated rings. The second kappa shape index (κ2) is 6.08. The molecule has 2 rings (SSSR count). The maximum absolute atomic E-state index is 6.62. The topological polar surface area (TPSA) is 9.23 Å². The van der Waals surface area contributed by atoms with E-state index in [0.717, 1.165) is 18.9 Å². The Balaban J connectivity index is 2.77. The van der Waals surface area contributed by atoms with Crippen molar-refractivity contribution in [3.8, 4) is 0 Å². The molecule has 0 saturated carbocycles. The van der Waals surface area contributed by atoms with Gasteiger partial charge in [-0.05, 0) is 0 Å². The van der Waals surface area contributed by atoms with Gasteiger partial charge in [0.15, 0.2) is 0 Å². The fourth-order valence-electron chi connectivity index (χ4n) is 3.29. The summed E-state index contributed by atoms with van der Waals surface area (Å²) >= 11 is 0. The second-order valence-corrected chi connectivity index (χ2v) is 10.5. The Labute approximate surface area is 123 Å². The third kappa shape index (κ3) is 2.20. The first-order valence-corrected chi connectivity index (χ1v) is 10.0. The van der Waals surface area contributed by atoms with E-state index < -0.39 is 6.83 Å². The number of benzene rings is 2. The summed E-state index contributed by atoms with van der Waals surface area (Å²) in [4.78, 5) is 0. The van der Waals surface area contributed by atoms with Gasteiger partial charge in [-0.3, -0.25) is 0 Å². The summed E-state index contributed by atoms with van der Waals surface area (Å²) in [5, 5.41) is 2.74. The fraction of sp³-hybridized carbons (Fsp3) is 0.333. The molecule has 0 aliphatic carbocycles. The van der Waals surface area contributed by atoms with Crippen molar-refractivity contribution in [1.29, 1.82) is 0 Å². The van der Waals surface area contributed by atoms with Crippen LogP contribution in [0.15, 0.2) is 60.7 Å². The van der Waals surface area contributed by atoms with E-state index in [0.29, 0.717) is 0 Å². The van der Waals surface area contributed by atoms with Crippen LogP contribution in [0.1, 0.15) is 20.8 Å². The molecule has 108 valence electrons. The van der Waals surface area contributed by atoms with Crippen molar-refractivity contribution in [2.45, 2.75) is 20.8 Å². The van der Waals surface area contributed by atoms with Crippen LogP contribution in [0.2, 0.25) is 0 Å². The van der Waals surface area contributed by atoms with Gasteiger partial charge in [0.05, 0.1) is 0 Å². The first-order valence-electron chi connectivity index (χ1n) is 7.49. The van der Waals surface area contributed by atoms with E-state index in [1.807, 2.05) is 0 Å². The molecule has 0 radical (unpaired) electrons. The quantitative estimate of drug-likeness (QED) is 0.724. The Morgan fingerprint density at radius 3 is 1.40 bits per heavy atom. The van der Waals surface area contributed by atoms with E-state index >= 15 is 0 Å². The average molecular weight is 288 g/mol. The van der Waals surface area contributed by atoms with Gasteiger partial charge in [-0.2, -0.15) is 0 Å². The van der Waals surface area contributed by atoms with Crippen LogP contribution in [-0.4, -0.2) is 18.9 Å². The molecule has 2 aromatic rings. The molecule has 0 unspecified atom stereocenters. The summed E-state index contributed by atoms with van der Waals surface area (Å²) in [6, 6.07) is 21.7. The molecule has 0 bridgehead atoms. The van der Waals surface area contributed by atoms with Crippen molar-refractivity contribution < 1.29 is 4.52 Å². The zero-order chi connectivity index (χ0) is 14.5. The third-order valence-electron chi connectivity index (χ3n) is 4.49. The van der Waals surface area contributed by atoms with Gasteiger partial charge in [-0.1, -0.05) is 0 Å². The van der Waals surface area contributed by atoms with Crippen LogP contribution in [0.25, 0.3) is 0 Å². The van der Waals surface area contributed by atoms with E-state index in [4.69, 9.17) is 4.52 Å². The zero-order valence-electron chi connectivity index (χ0n) is 12.8. The van der Waals surface area contributed by atoms with Crippen LogP contribution in [0, 0.1) is 0 Å². The van der Waals surface area contributed by atoms with E-state index in [1.54, 1.807) is 0 Å². The van der Waals surface area contributed by atoms with Gasteiger partial charge in [0, 0.05) is 0 Å². The summed E-state index contributed by atoms with van der Waals surface area (Å²) in [6.07, 6.45) is 2.09. The molecule has 0 saturated heterocycles. The van der Waals surface area contributed by atoms with Gasteiger partial charge < -0.3 is 0 Å². The van der Waals surface area contributed by atoms with E-state index in [-0.39, 0.29) is 0 Å². The first kappa shape index (κ1) is 15.2. The number of hydrogen-bond donors (Lipinski definition) is 0. The standard InChI is InChI=1S/C18H25OP/c1-4-19-20(5-2,6-3,17-13-9-7-10-14-17)18-15-11-8-12-16-18/h7-16H,4-6H2,1-3H3. The average Bonchev–Trinajstić information content (AvgIpc) is 2.55. The Bertz CT molecular complexity index is 488. The molecule has 0 spiro atoms. The van der Waals surface area contributed by atoms with Gasteiger partial charge in [0.1, 0.15) is 0 Å². The minimum absolute atomic E-state index is 0.753. The summed E-state index contributed by atoms with van der Waals surface area (Å²) in [5.74, 6) is 0. The zero-order valence-corrected chi connectivity index (χ0v) is 13.6. The van der Waals surface area contributed by atoms with Gasteiger partial charge in [0.2, 0.25) is 0 Å². The van der Waals surface area contributed by atoms with E-state index in [2.05, 4.69) is 81.4 Å². The van der Waals surface area contributed by atoms with Gasteiger partial charge in [0.25, 0.3) is 0 Å². The maximum atomic E-state index is 6.62. The second-order valence-electron chi connectivity index (χ2n) is 5.13. The molecule has 2 heteroatoms. The van der Waals surface area contributed by atoms with Gasteiger partial charge >= 0.3 is 122 Å². The summed E-state index contributed by atoms with van der Waals surface area (Å²) in [6.45, 7) is 4.87. The van der Waals surface area contributed by atoms with Crippen molar-refractivity contribution in [1.82, 2.24) is 0 Å². The van der Waals surface area contributed by atoms with Crippen molar-refractivity contribution in [3.63, 3.8) is 0 Å². The molecule has 20 heavy (non-hydrogen) atoms. The summed E-state index contributed by atoms with van der Waals surface area (Å²) < 4.78 is 6.62. The fourth-order valence-corrected chi connectivity index (χ4v) is 8.52. The Hall–Kier alpha value is -1.17. The van der Waals surface area contributed by atoms with Crippen LogP contribution in [-0.2, 0) is 4.52 Å². The molecular formula is C18H25OP. The Kier molecular flexibility index (Phi) is 4.62. The van der Waals surface area contributed by atoms with Crippen LogP contribution in [0.3, 0.4) is 0 Å². The van der Waals surface area contributed by atoms with Crippen molar-refractivity contribution in [3.05, 3.63) is 60.7 Å². The predicted octanol–water partition coefficient (Wildman–Crippen LogP) is 4.18. The molecule has 2 aromatic carbocycles. The van der Waals surface area contributed by atoms with Gasteiger partial charge in [-0.15, -0.1) is 0 Å². The van der Waals surface area contributed by atoms with Gasteiger partial charge in [-0.25, -0.2) is 0 Å². The van der Waals surface area contributed by atoms with Crippen molar-refractivity contribution in [2.24, 2.45) is 0 Å². The summed E-state index contributed by atoms with van der Waals surface area (Å²) in [5.41, 5.74) is 0. The number of rotatable bonds is 6. The Morgan fingerprint density at radius 1 is 0.700 bits per heavy atom. The Morgan fingerprint density at radius 2 is 1.10 bits per heavy atom. The van der Waals surface area contributed by atoms with Crippen LogP contribution >= 0.6 is 6.83 Å². The molecule has 0 aromatic heterocycles. The predicted molar refractivity (Wildman–Crippen MR) is 91.8 cm³/mol. The minimum atomic E-state index is -2.54. The molecule has 0 atom stereocenters. The number of hydrogen-bond acceptors (Lipinski definition) is 1.